The SMILES string of the molecule is COc1ccccc1C1C2=C(CCCC2=O)N(c2cccc(Br)c2)C(=N)/C1=C(/O)c1ccccc1. The van der Waals surface area contributed by atoms with Crippen molar-refractivity contribution in [3.05, 3.63) is 111 Å². The maximum atomic E-state index is 13.6. The first kappa shape index (κ1) is 23.1. The molecule has 0 saturated carbocycles. The molecule has 0 fully saturated rings. The van der Waals surface area contributed by atoms with Gasteiger partial charge in [-0.3, -0.25) is 15.1 Å². The van der Waals surface area contributed by atoms with Gasteiger partial charge in [0, 0.05) is 44.6 Å². The van der Waals surface area contributed by atoms with Crippen LogP contribution in [0.4, 0.5) is 5.69 Å². The summed E-state index contributed by atoms with van der Waals surface area (Å²) in [6, 6.07) is 24.4. The zero-order chi connectivity index (χ0) is 24.5. The number of nitrogens with one attached hydrogen (secondary N) is 1. The van der Waals surface area contributed by atoms with Crippen LogP contribution in [0.15, 0.2) is 100 Å². The highest BCUT2D eigenvalue weighted by Crippen LogP contribution is 2.49. The lowest BCUT2D eigenvalue weighted by Gasteiger charge is -2.42. The number of hydrogen-bond donors (Lipinski definition) is 2. The second-order valence-electron chi connectivity index (χ2n) is 8.60. The minimum Gasteiger partial charge on any atom is -0.507 e. The Kier molecular flexibility index (Phi) is 6.31. The van der Waals surface area contributed by atoms with Gasteiger partial charge in [-0.15, -0.1) is 0 Å². The van der Waals surface area contributed by atoms with Crippen molar-refractivity contribution in [1.29, 1.82) is 5.41 Å². The fourth-order valence-corrected chi connectivity index (χ4v) is 5.45. The molecule has 5 rings (SSSR count). The van der Waals surface area contributed by atoms with Crippen molar-refractivity contribution in [2.24, 2.45) is 0 Å². The van der Waals surface area contributed by atoms with E-state index in [4.69, 9.17) is 4.74 Å². The number of carbonyl (C=O) groups excluding carboxylic acids is 1. The molecule has 2 N–H and O–H groups in total. The number of para-hydroxylation sites is 1. The first-order chi connectivity index (χ1) is 17.0. The second-order valence-corrected chi connectivity index (χ2v) is 9.52. The normalized spacial score (nSPS) is 19.5. The summed E-state index contributed by atoms with van der Waals surface area (Å²) in [6.45, 7) is 0. The number of nitrogens with zero attached hydrogens (tertiary/aromatic N) is 1. The Bertz CT molecular complexity index is 1380. The van der Waals surface area contributed by atoms with E-state index in [1.165, 1.54) is 0 Å². The molecule has 0 saturated heterocycles. The van der Waals surface area contributed by atoms with Crippen LogP contribution >= 0.6 is 15.9 Å². The largest absolute Gasteiger partial charge is 0.507 e. The van der Waals surface area contributed by atoms with Crippen molar-refractivity contribution < 1.29 is 14.6 Å². The van der Waals surface area contributed by atoms with Crippen LogP contribution in [0.1, 0.15) is 36.3 Å². The number of Topliss-reactive ketones (excluding diaryl/α,β-unsaturated/α-hetero) is 1. The molecular formula is C29H25BrN2O3. The summed E-state index contributed by atoms with van der Waals surface area (Å²) in [6.07, 6.45) is 1.82. The van der Waals surface area contributed by atoms with Crippen LogP contribution in [-0.2, 0) is 4.79 Å². The van der Waals surface area contributed by atoms with Crippen LogP contribution in [0.5, 0.6) is 5.75 Å². The molecule has 0 spiro atoms. The molecule has 6 heteroatoms. The van der Waals surface area contributed by atoms with E-state index in [0.717, 1.165) is 27.8 Å². The Morgan fingerprint density at radius 1 is 1.03 bits per heavy atom. The summed E-state index contributed by atoms with van der Waals surface area (Å²) < 4.78 is 6.55. The van der Waals surface area contributed by atoms with Crippen molar-refractivity contribution in [1.82, 2.24) is 0 Å². The summed E-state index contributed by atoms with van der Waals surface area (Å²) in [4.78, 5) is 15.4. The topological polar surface area (TPSA) is 73.6 Å². The minimum absolute atomic E-state index is 0.0172. The van der Waals surface area contributed by atoms with Gasteiger partial charge in [0.05, 0.1) is 13.0 Å². The van der Waals surface area contributed by atoms with Crippen LogP contribution in [-0.4, -0.2) is 23.8 Å². The predicted molar refractivity (Wildman–Crippen MR) is 142 cm³/mol. The quantitative estimate of drug-likeness (QED) is 0.357. The van der Waals surface area contributed by atoms with Crippen molar-refractivity contribution in [3.8, 4) is 5.75 Å². The van der Waals surface area contributed by atoms with Crippen molar-refractivity contribution in [3.63, 3.8) is 0 Å². The van der Waals surface area contributed by atoms with E-state index in [-0.39, 0.29) is 17.4 Å². The number of amidine groups is 1. The van der Waals surface area contributed by atoms with Crippen molar-refractivity contribution >= 4 is 39.0 Å². The van der Waals surface area contributed by atoms with Gasteiger partial charge in [0.1, 0.15) is 17.3 Å². The summed E-state index contributed by atoms with van der Waals surface area (Å²) in [7, 11) is 1.60. The molecular weight excluding hydrogens is 504 g/mol. The summed E-state index contributed by atoms with van der Waals surface area (Å²) in [5, 5.41) is 21.0. The first-order valence-electron chi connectivity index (χ1n) is 11.5. The molecule has 3 aromatic carbocycles. The third-order valence-corrected chi connectivity index (χ3v) is 7.07. The summed E-state index contributed by atoms with van der Waals surface area (Å²) >= 11 is 3.54. The molecule has 5 nitrogen and oxygen atoms in total. The number of aliphatic hydroxyl groups excluding tert-OH is 1. The van der Waals surface area contributed by atoms with Crippen LogP contribution in [0, 0.1) is 5.41 Å². The molecule has 1 aliphatic heterocycles. The third kappa shape index (κ3) is 4.08. The number of benzene rings is 3. The fourth-order valence-electron chi connectivity index (χ4n) is 5.06. The van der Waals surface area contributed by atoms with Gasteiger partial charge in [0.25, 0.3) is 0 Å². The third-order valence-electron chi connectivity index (χ3n) is 6.57. The molecule has 176 valence electrons. The Hall–Kier alpha value is -3.64. The molecule has 0 amide bonds. The number of aliphatic hydroxyl groups is 1. The van der Waals surface area contributed by atoms with E-state index in [1.807, 2.05) is 83.8 Å². The monoisotopic (exact) mass is 528 g/mol. The summed E-state index contributed by atoms with van der Waals surface area (Å²) in [5.41, 5.74) is 3.93. The Morgan fingerprint density at radius 2 is 1.77 bits per heavy atom. The standard InChI is InChI=1S/C29H25BrN2O3/c1-35-24-16-6-5-13-21(24)25-26-22(14-8-15-23(26)33)32(20-12-7-11-19(30)17-20)29(31)27(25)28(34)18-9-3-2-4-10-18/h2-7,9-13,16-17,25,31,34H,8,14-15H2,1H3/b28-27+,31-29?. The predicted octanol–water partition coefficient (Wildman–Crippen LogP) is 7.02. The van der Waals surface area contributed by atoms with Crippen LogP contribution < -0.4 is 9.64 Å². The maximum absolute atomic E-state index is 13.6. The van der Waals surface area contributed by atoms with Gasteiger partial charge < -0.3 is 9.84 Å². The number of anilines is 1. The number of ether oxygens (including phenoxy) is 1. The second kappa shape index (κ2) is 9.55. The van der Waals surface area contributed by atoms with Gasteiger partial charge in [0.15, 0.2) is 5.78 Å². The Labute approximate surface area is 213 Å². The van der Waals surface area contributed by atoms with Gasteiger partial charge in [-0.1, -0.05) is 70.5 Å². The number of methoxy groups -OCH3 is 1. The first-order valence-corrected chi connectivity index (χ1v) is 12.3. The van der Waals surface area contributed by atoms with Crippen LogP contribution in [0.25, 0.3) is 5.76 Å². The van der Waals surface area contributed by atoms with Gasteiger partial charge in [-0.05, 0) is 37.1 Å². The van der Waals surface area contributed by atoms with Gasteiger partial charge >= 0.3 is 0 Å². The van der Waals surface area contributed by atoms with Crippen LogP contribution in [0.2, 0.25) is 0 Å². The van der Waals surface area contributed by atoms with E-state index >= 15 is 0 Å². The zero-order valence-electron chi connectivity index (χ0n) is 19.3. The molecule has 1 unspecified atom stereocenters. The zero-order valence-corrected chi connectivity index (χ0v) is 20.9. The highest BCUT2D eigenvalue weighted by molar-refractivity contribution is 9.10. The lowest BCUT2D eigenvalue weighted by Crippen LogP contribution is -2.42. The molecule has 0 radical (unpaired) electrons. The molecule has 3 aromatic rings. The van der Waals surface area contributed by atoms with Crippen LogP contribution in [0.3, 0.4) is 0 Å². The van der Waals surface area contributed by atoms with Crippen molar-refractivity contribution in [2.45, 2.75) is 25.2 Å². The average molecular weight is 529 g/mol. The number of ketones is 1. The fraction of sp³-hybridized carbons (Fsp3) is 0.172. The van der Waals surface area contributed by atoms with E-state index in [0.29, 0.717) is 35.3 Å². The number of allylic oxidation sites excluding steroid dienone is 2. The summed E-state index contributed by atoms with van der Waals surface area (Å²) in [5.74, 6) is 0.160. The van der Waals surface area contributed by atoms with Crippen molar-refractivity contribution in [2.75, 3.05) is 12.0 Å². The van der Waals surface area contributed by atoms with E-state index < -0.39 is 5.92 Å². The Morgan fingerprint density at radius 3 is 2.51 bits per heavy atom. The molecule has 1 heterocycles. The molecule has 1 aliphatic carbocycles. The van der Waals surface area contributed by atoms with E-state index in [1.54, 1.807) is 7.11 Å². The smallest absolute Gasteiger partial charge is 0.161 e. The Balaban J connectivity index is 1.86. The molecule has 0 aromatic heterocycles. The minimum atomic E-state index is -0.620. The number of carbonyl (C=O) groups is 1. The number of halogens is 1. The highest BCUT2D eigenvalue weighted by Gasteiger charge is 2.44. The lowest BCUT2D eigenvalue weighted by molar-refractivity contribution is -0.116. The van der Waals surface area contributed by atoms with E-state index in [2.05, 4.69) is 15.9 Å². The van der Waals surface area contributed by atoms with Gasteiger partial charge in [0.2, 0.25) is 0 Å². The van der Waals surface area contributed by atoms with Gasteiger partial charge in [-0.25, -0.2) is 0 Å². The average Bonchev–Trinajstić information content (AvgIpc) is 2.88. The molecule has 0 bridgehead atoms. The molecule has 1 atom stereocenters. The number of hydrogen-bond acceptors (Lipinski definition) is 4. The lowest BCUT2D eigenvalue weighted by atomic mass is 9.73. The molecule has 35 heavy (non-hydrogen) atoms. The number of rotatable bonds is 4. The maximum Gasteiger partial charge on any atom is 0.161 e. The van der Waals surface area contributed by atoms with E-state index in [9.17, 15) is 15.3 Å². The van der Waals surface area contributed by atoms with Gasteiger partial charge in [-0.2, -0.15) is 0 Å². The highest BCUT2D eigenvalue weighted by atomic mass is 79.9. The molecule has 2 aliphatic rings.